The second-order valence-electron chi connectivity index (χ2n) is 5.82. The topological polar surface area (TPSA) is 75.6 Å². The molecule has 5 heteroatoms. The van der Waals surface area contributed by atoms with E-state index in [0.29, 0.717) is 12.2 Å². The molecule has 0 fully saturated rings. The second kappa shape index (κ2) is 8.87. The van der Waals surface area contributed by atoms with E-state index in [-0.39, 0.29) is 12.3 Å². The highest BCUT2D eigenvalue weighted by molar-refractivity contribution is 5.88. The molecule has 5 nitrogen and oxygen atoms in total. The van der Waals surface area contributed by atoms with Crippen LogP contribution in [0, 0.1) is 0 Å². The van der Waals surface area contributed by atoms with Gasteiger partial charge in [-0.25, -0.2) is 4.79 Å². The Kier molecular flexibility index (Phi) is 6.57. The summed E-state index contributed by atoms with van der Waals surface area (Å²) in [7, 11) is 1.58. The molecule has 2 rings (SSSR count). The van der Waals surface area contributed by atoms with Crippen LogP contribution in [0.25, 0.3) is 0 Å². The number of aliphatic carboxylic acids is 1. The van der Waals surface area contributed by atoms with Crippen molar-refractivity contribution >= 4 is 11.9 Å². The predicted octanol–water partition coefficient (Wildman–Crippen LogP) is 3.00. The van der Waals surface area contributed by atoms with Gasteiger partial charge in [0.25, 0.3) is 0 Å². The van der Waals surface area contributed by atoms with Gasteiger partial charge in [-0.1, -0.05) is 49.4 Å². The largest absolute Gasteiger partial charge is 0.497 e. The third-order valence-corrected chi connectivity index (χ3v) is 4.14. The van der Waals surface area contributed by atoms with Gasteiger partial charge in [-0.2, -0.15) is 0 Å². The minimum atomic E-state index is -1.04. The second-order valence-corrected chi connectivity index (χ2v) is 5.82. The highest BCUT2D eigenvalue weighted by Crippen LogP contribution is 2.22. The summed E-state index contributed by atoms with van der Waals surface area (Å²) < 4.78 is 5.13. The molecule has 0 aliphatic carbocycles. The van der Waals surface area contributed by atoms with Crippen LogP contribution in [0.2, 0.25) is 0 Å². The molecule has 2 atom stereocenters. The van der Waals surface area contributed by atoms with Gasteiger partial charge in [-0.05, 0) is 29.7 Å². The number of carbonyl (C=O) groups excluding carboxylic acids is 1. The van der Waals surface area contributed by atoms with E-state index < -0.39 is 17.9 Å². The molecule has 2 unspecified atom stereocenters. The molecular weight excluding hydrogens is 318 g/mol. The smallest absolute Gasteiger partial charge is 0.326 e. The summed E-state index contributed by atoms with van der Waals surface area (Å²) in [5.41, 5.74) is 1.71. The van der Waals surface area contributed by atoms with Crippen molar-refractivity contribution < 1.29 is 19.4 Å². The molecule has 0 radical (unpaired) electrons. The molecule has 0 aromatic heterocycles. The number of carboxylic acid groups (broad SMARTS) is 1. The van der Waals surface area contributed by atoms with Crippen LogP contribution in [-0.4, -0.2) is 30.1 Å². The maximum atomic E-state index is 12.6. The number of amides is 1. The van der Waals surface area contributed by atoms with Gasteiger partial charge in [0.15, 0.2) is 0 Å². The molecule has 132 valence electrons. The van der Waals surface area contributed by atoms with Crippen LogP contribution in [0.15, 0.2) is 54.6 Å². The average Bonchev–Trinajstić information content (AvgIpc) is 2.63. The summed E-state index contributed by atoms with van der Waals surface area (Å²) in [6.45, 7) is 1.90. The number of hydrogen-bond donors (Lipinski definition) is 2. The molecule has 0 spiro atoms. The molecule has 2 aromatic rings. The fraction of sp³-hybridized carbons (Fsp3) is 0.300. The number of rotatable bonds is 8. The van der Waals surface area contributed by atoms with Crippen molar-refractivity contribution in [2.24, 2.45) is 0 Å². The Hall–Kier alpha value is -2.82. The highest BCUT2D eigenvalue weighted by Gasteiger charge is 2.25. The van der Waals surface area contributed by atoms with E-state index in [2.05, 4.69) is 5.32 Å². The van der Waals surface area contributed by atoms with E-state index in [1.165, 1.54) is 0 Å². The van der Waals surface area contributed by atoms with E-state index in [4.69, 9.17) is 4.74 Å². The molecule has 0 saturated carbocycles. The maximum Gasteiger partial charge on any atom is 0.326 e. The van der Waals surface area contributed by atoms with Crippen molar-refractivity contribution in [1.29, 1.82) is 0 Å². The molecule has 0 aliphatic heterocycles. The predicted molar refractivity (Wildman–Crippen MR) is 95.7 cm³/mol. The Morgan fingerprint density at radius 3 is 2.24 bits per heavy atom. The molecule has 1 amide bonds. The number of ether oxygens (including phenoxy) is 1. The number of methoxy groups -OCH3 is 1. The van der Waals surface area contributed by atoms with Gasteiger partial charge >= 0.3 is 5.97 Å². The Morgan fingerprint density at radius 2 is 1.72 bits per heavy atom. The van der Waals surface area contributed by atoms with Crippen molar-refractivity contribution in [3.63, 3.8) is 0 Å². The first kappa shape index (κ1) is 18.5. The number of hydrogen-bond acceptors (Lipinski definition) is 3. The number of nitrogens with one attached hydrogen (secondary N) is 1. The van der Waals surface area contributed by atoms with Gasteiger partial charge in [-0.3, -0.25) is 4.79 Å². The van der Waals surface area contributed by atoms with Gasteiger partial charge in [0, 0.05) is 6.42 Å². The molecule has 25 heavy (non-hydrogen) atoms. The summed E-state index contributed by atoms with van der Waals surface area (Å²) in [6.07, 6.45) is 0.830. The van der Waals surface area contributed by atoms with Crippen LogP contribution >= 0.6 is 0 Å². The third-order valence-electron chi connectivity index (χ3n) is 4.14. The van der Waals surface area contributed by atoms with Crippen molar-refractivity contribution in [2.75, 3.05) is 7.11 Å². The Labute approximate surface area is 147 Å². The minimum absolute atomic E-state index is 0.251. The summed E-state index contributed by atoms with van der Waals surface area (Å²) in [4.78, 5) is 24.2. The lowest BCUT2D eigenvalue weighted by atomic mass is 9.94. The van der Waals surface area contributed by atoms with Crippen molar-refractivity contribution in [2.45, 2.75) is 31.7 Å². The lowest BCUT2D eigenvalue weighted by Crippen LogP contribution is -2.44. The van der Waals surface area contributed by atoms with Gasteiger partial charge in [-0.15, -0.1) is 0 Å². The van der Waals surface area contributed by atoms with E-state index in [9.17, 15) is 14.7 Å². The summed E-state index contributed by atoms with van der Waals surface area (Å²) in [5, 5.41) is 12.1. The lowest BCUT2D eigenvalue weighted by Gasteiger charge is -2.20. The van der Waals surface area contributed by atoms with Crippen LogP contribution in [0.1, 0.15) is 30.4 Å². The molecule has 0 aliphatic rings. The zero-order chi connectivity index (χ0) is 18.2. The minimum Gasteiger partial charge on any atom is -0.497 e. The fourth-order valence-corrected chi connectivity index (χ4v) is 2.73. The van der Waals surface area contributed by atoms with Crippen molar-refractivity contribution in [3.05, 3.63) is 65.7 Å². The molecular formula is C20H23NO4. The van der Waals surface area contributed by atoms with E-state index in [0.717, 1.165) is 11.1 Å². The quantitative estimate of drug-likeness (QED) is 0.774. The Balaban J connectivity index is 2.10. The van der Waals surface area contributed by atoms with E-state index in [1.54, 1.807) is 19.2 Å². The van der Waals surface area contributed by atoms with Crippen molar-refractivity contribution in [3.8, 4) is 5.75 Å². The monoisotopic (exact) mass is 341 g/mol. The zero-order valence-electron chi connectivity index (χ0n) is 14.4. The van der Waals surface area contributed by atoms with Crippen LogP contribution < -0.4 is 10.1 Å². The Morgan fingerprint density at radius 1 is 1.08 bits per heavy atom. The number of carbonyl (C=O) groups is 2. The van der Waals surface area contributed by atoms with Crippen LogP contribution in [0.3, 0.4) is 0 Å². The molecule has 0 saturated heterocycles. The van der Waals surface area contributed by atoms with E-state index in [1.807, 2.05) is 49.4 Å². The SMILES string of the molecule is CCC(C(=O)NC(Cc1ccccc1)C(=O)O)c1ccc(OC)cc1. The molecule has 0 heterocycles. The first-order chi connectivity index (χ1) is 12.0. The first-order valence-electron chi connectivity index (χ1n) is 8.26. The number of carboxylic acids is 1. The van der Waals surface area contributed by atoms with E-state index >= 15 is 0 Å². The molecule has 0 bridgehead atoms. The van der Waals surface area contributed by atoms with Gasteiger partial charge < -0.3 is 15.2 Å². The zero-order valence-corrected chi connectivity index (χ0v) is 14.4. The molecule has 2 N–H and O–H groups in total. The van der Waals surface area contributed by atoms with Gasteiger partial charge in [0.2, 0.25) is 5.91 Å². The summed E-state index contributed by atoms with van der Waals surface area (Å²) >= 11 is 0. The van der Waals surface area contributed by atoms with Crippen LogP contribution in [-0.2, 0) is 16.0 Å². The maximum absolute atomic E-state index is 12.6. The third kappa shape index (κ3) is 5.08. The number of benzene rings is 2. The van der Waals surface area contributed by atoms with Crippen LogP contribution in [0.5, 0.6) is 5.75 Å². The summed E-state index contributed by atoms with van der Waals surface area (Å²) in [5.74, 6) is -1.01. The summed E-state index contributed by atoms with van der Waals surface area (Å²) in [6, 6.07) is 15.6. The van der Waals surface area contributed by atoms with Crippen molar-refractivity contribution in [1.82, 2.24) is 5.32 Å². The highest BCUT2D eigenvalue weighted by atomic mass is 16.5. The fourth-order valence-electron chi connectivity index (χ4n) is 2.73. The van der Waals surface area contributed by atoms with Crippen LogP contribution in [0.4, 0.5) is 0 Å². The molecule has 2 aromatic carbocycles. The Bertz CT molecular complexity index is 697. The standard InChI is InChI=1S/C20H23NO4/c1-3-17(15-9-11-16(25-2)12-10-15)19(22)21-18(20(23)24)13-14-7-5-4-6-8-14/h4-12,17-18H,3,13H2,1-2H3,(H,21,22)(H,23,24). The average molecular weight is 341 g/mol. The lowest BCUT2D eigenvalue weighted by molar-refractivity contribution is -0.142. The first-order valence-corrected chi connectivity index (χ1v) is 8.26. The van der Waals surface area contributed by atoms with Gasteiger partial charge in [0.05, 0.1) is 13.0 Å². The van der Waals surface area contributed by atoms with Gasteiger partial charge in [0.1, 0.15) is 11.8 Å². The normalized spacial score (nSPS) is 12.9.